The molecular formula is C23H26N6O3. The van der Waals surface area contributed by atoms with Crippen LogP contribution in [0.2, 0.25) is 0 Å². The number of aromatic nitrogens is 3. The quantitative estimate of drug-likeness (QED) is 0.566. The van der Waals surface area contributed by atoms with E-state index in [4.69, 9.17) is 4.74 Å². The lowest BCUT2D eigenvalue weighted by atomic mass is 10.1. The number of urea groups is 1. The van der Waals surface area contributed by atoms with Gasteiger partial charge in [-0.3, -0.25) is 15.3 Å². The molecule has 4 rings (SSSR count). The van der Waals surface area contributed by atoms with Crippen molar-refractivity contribution in [2.45, 2.75) is 20.0 Å². The Kier molecular flexibility index (Phi) is 6.58. The molecule has 3 N–H and O–H groups in total. The van der Waals surface area contributed by atoms with Gasteiger partial charge in [-0.05, 0) is 43.7 Å². The molecule has 166 valence electrons. The predicted octanol–water partition coefficient (Wildman–Crippen LogP) is 3.00. The molecular weight excluding hydrogens is 408 g/mol. The van der Waals surface area contributed by atoms with Crippen molar-refractivity contribution in [2.24, 2.45) is 0 Å². The normalized spacial score (nSPS) is 16.0. The highest BCUT2D eigenvalue weighted by atomic mass is 16.5. The number of rotatable bonds is 5. The van der Waals surface area contributed by atoms with Crippen molar-refractivity contribution in [3.8, 4) is 11.3 Å². The van der Waals surface area contributed by atoms with Crippen molar-refractivity contribution in [1.82, 2.24) is 15.0 Å². The molecule has 3 aromatic rings. The number of aryl methyl sites for hydroxylation is 2. The standard InChI is InChI=1S/C23H26N6O3/c1-15-9-17(4-6-21(15)29-7-8-32-19(13-29)14-30)20-11-24-12-22(27-20)28-23(31)26-18-5-3-16(2)25-10-18/h3-6,9-12,19,30H,7-8,13-14H2,1-2H3,(H2,26,27,28,31). The summed E-state index contributed by atoms with van der Waals surface area (Å²) in [5.74, 6) is 0.348. The second-order valence-corrected chi connectivity index (χ2v) is 7.68. The smallest absolute Gasteiger partial charge is 0.324 e. The zero-order valence-electron chi connectivity index (χ0n) is 18.1. The van der Waals surface area contributed by atoms with E-state index >= 15 is 0 Å². The van der Waals surface area contributed by atoms with Gasteiger partial charge in [0.25, 0.3) is 0 Å². The van der Waals surface area contributed by atoms with Crippen LogP contribution < -0.4 is 15.5 Å². The van der Waals surface area contributed by atoms with E-state index in [1.165, 1.54) is 6.20 Å². The summed E-state index contributed by atoms with van der Waals surface area (Å²) in [5, 5.41) is 14.8. The van der Waals surface area contributed by atoms with E-state index < -0.39 is 6.03 Å². The summed E-state index contributed by atoms with van der Waals surface area (Å²) in [6.07, 6.45) is 4.59. The lowest BCUT2D eigenvalue weighted by Gasteiger charge is -2.34. The molecule has 0 aliphatic carbocycles. The lowest BCUT2D eigenvalue weighted by molar-refractivity contribution is 0.00354. The average Bonchev–Trinajstić information content (AvgIpc) is 2.80. The number of hydrogen-bond acceptors (Lipinski definition) is 7. The fraction of sp³-hybridized carbons (Fsp3) is 0.304. The number of benzene rings is 1. The molecule has 0 saturated carbocycles. The number of nitrogens with zero attached hydrogens (tertiary/aromatic N) is 4. The maximum atomic E-state index is 12.3. The van der Waals surface area contributed by atoms with Gasteiger partial charge in [0.05, 0.1) is 49.3 Å². The Labute approximate surface area is 186 Å². The van der Waals surface area contributed by atoms with Crippen molar-refractivity contribution in [2.75, 3.05) is 41.8 Å². The molecule has 2 aromatic heterocycles. The maximum Gasteiger partial charge on any atom is 0.324 e. The van der Waals surface area contributed by atoms with Crippen molar-refractivity contribution >= 4 is 23.2 Å². The van der Waals surface area contributed by atoms with Crippen LogP contribution in [-0.2, 0) is 4.74 Å². The Balaban J connectivity index is 1.46. The van der Waals surface area contributed by atoms with Gasteiger partial charge in [0.1, 0.15) is 0 Å². The van der Waals surface area contributed by atoms with Gasteiger partial charge in [0.2, 0.25) is 0 Å². The highest BCUT2D eigenvalue weighted by Crippen LogP contribution is 2.27. The van der Waals surface area contributed by atoms with Gasteiger partial charge >= 0.3 is 6.03 Å². The first kappa shape index (κ1) is 21.7. The zero-order chi connectivity index (χ0) is 22.5. The first-order chi connectivity index (χ1) is 15.5. The van der Waals surface area contributed by atoms with Crippen LogP contribution in [0.1, 0.15) is 11.3 Å². The first-order valence-corrected chi connectivity index (χ1v) is 10.4. The van der Waals surface area contributed by atoms with Crippen LogP contribution in [0.25, 0.3) is 11.3 Å². The SMILES string of the molecule is Cc1ccc(NC(=O)Nc2cncc(-c3ccc(N4CCOC(CO)C4)c(C)c3)n2)cn1. The summed E-state index contributed by atoms with van der Waals surface area (Å²) in [7, 11) is 0. The highest BCUT2D eigenvalue weighted by Gasteiger charge is 2.21. The summed E-state index contributed by atoms with van der Waals surface area (Å²) < 4.78 is 5.55. The van der Waals surface area contributed by atoms with E-state index in [0.29, 0.717) is 30.4 Å². The van der Waals surface area contributed by atoms with Gasteiger partial charge in [-0.15, -0.1) is 0 Å². The van der Waals surface area contributed by atoms with Gasteiger partial charge < -0.3 is 20.1 Å². The molecule has 9 heteroatoms. The summed E-state index contributed by atoms with van der Waals surface area (Å²) in [6.45, 7) is 5.96. The molecule has 1 atom stereocenters. The molecule has 0 bridgehead atoms. The minimum absolute atomic E-state index is 0.0109. The minimum Gasteiger partial charge on any atom is -0.394 e. The van der Waals surface area contributed by atoms with Crippen molar-refractivity contribution in [3.63, 3.8) is 0 Å². The molecule has 1 fully saturated rings. The van der Waals surface area contributed by atoms with Crippen LogP contribution in [0.15, 0.2) is 48.9 Å². The third-order valence-electron chi connectivity index (χ3n) is 5.22. The molecule has 2 amide bonds. The molecule has 1 saturated heterocycles. The number of pyridine rings is 1. The Morgan fingerprint density at radius 2 is 2.06 bits per heavy atom. The van der Waals surface area contributed by atoms with E-state index in [1.54, 1.807) is 18.5 Å². The summed E-state index contributed by atoms with van der Waals surface area (Å²) >= 11 is 0. The van der Waals surface area contributed by atoms with Crippen molar-refractivity contribution in [1.29, 1.82) is 0 Å². The number of ether oxygens (including phenoxy) is 1. The topological polar surface area (TPSA) is 113 Å². The number of nitrogens with one attached hydrogen (secondary N) is 2. The van der Waals surface area contributed by atoms with Gasteiger partial charge in [-0.25, -0.2) is 9.78 Å². The van der Waals surface area contributed by atoms with E-state index in [9.17, 15) is 9.90 Å². The monoisotopic (exact) mass is 434 g/mol. The zero-order valence-corrected chi connectivity index (χ0v) is 18.1. The molecule has 1 unspecified atom stereocenters. The fourth-order valence-electron chi connectivity index (χ4n) is 3.60. The van der Waals surface area contributed by atoms with E-state index in [-0.39, 0.29) is 12.7 Å². The van der Waals surface area contributed by atoms with Crippen LogP contribution in [0, 0.1) is 13.8 Å². The largest absolute Gasteiger partial charge is 0.394 e. The van der Waals surface area contributed by atoms with Gasteiger partial charge in [0, 0.05) is 30.0 Å². The van der Waals surface area contributed by atoms with E-state index in [0.717, 1.165) is 29.1 Å². The van der Waals surface area contributed by atoms with Crippen LogP contribution in [0.4, 0.5) is 22.0 Å². The summed E-state index contributed by atoms with van der Waals surface area (Å²) in [4.78, 5) is 27.4. The second-order valence-electron chi connectivity index (χ2n) is 7.68. The molecule has 0 spiro atoms. The Morgan fingerprint density at radius 1 is 1.19 bits per heavy atom. The van der Waals surface area contributed by atoms with E-state index in [1.807, 2.05) is 38.1 Å². The molecule has 1 aliphatic rings. The van der Waals surface area contributed by atoms with Gasteiger partial charge in [-0.1, -0.05) is 6.07 Å². The molecule has 9 nitrogen and oxygen atoms in total. The van der Waals surface area contributed by atoms with Crippen LogP contribution in [0.3, 0.4) is 0 Å². The first-order valence-electron chi connectivity index (χ1n) is 10.4. The fourth-order valence-corrected chi connectivity index (χ4v) is 3.60. The van der Waals surface area contributed by atoms with Gasteiger partial charge in [0.15, 0.2) is 5.82 Å². The van der Waals surface area contributed by atoms with Crippen LogP contribution in [0.5, 0.6) is 0 Å². The molecule has 3 heterocycles. The lowest BCUT2D eigenvalue weighted by Crippen LogP contribution is -2.44. The predicted molar refractivity (Wildman–Crippen MR) is 123 cm³/mol. The van der Waals surface area contributed by atoms with Crippen LogP contribution >= 0.6 is 0 Å². The highest BCUT2D eigenvalue weighted by molar-refractivity contribution is 5.99. The third-order valence-corrected chi connectivity index (χ3v) is 5.22. The Hall–Kier alpha value is -3.56. The Bertz CT molecular complexity index is 1090. The molecule has 1 aliphatic heterocycles. The minimum atomic E-state index is -0.417. The number of morpholine rings is 1. The van der Waals surface area contributed by atoms with Crippen LogP contribution in [-0.4, -0.2) is 58.5 Å². The number of carbonyl (C=O) groups is 1. The molecule has 1 aromatic carbocycles. The average molecular weight is 435 g/mol. The van der Waals surface area contributed by atoms with Gasteiger partial charge in [-0.2, -0.15) is 0 Å². The van der Waals surface area contributed by atoms with E-state index in [2.05, 4.69) is 30.5 Å². The number of aliphatic hydroxyl groups is 1. The Morgan fingerprint density at radius 3 is 2.81 bits per heavy atom. The number of hydrogen-bond donors (Lipinski definition) is 3. The summed E-state index contributed by atoms with van der Waals surface area (Å²) in [5.41, 5.74) is 5.21. The van der Waals surface area contributed by atoms with Crippen molar-refractivity contribution in [3.05, 3.63) is 60.2 Å². The second kappa shape index (κ2) is 9.71. The number of aliphatic hydroxyl groups excluding tert-OH is 1. The third kappa shape index (κ3) is 5.19. The van der Waals surface area contributed by atoms with Crippen molar-refractivity contribution < 1.29 is 14.6 Å². The maximum absolute atomic E-state index is 12.3. The number of anilines is 3. The molecule has 0 radical (unpaired) electrons. The number of carbonyl (C=O) groups excluding carboxylic acids is 1. The molecule has 32 heavy (non-hydrogen) atoms. The summed E-state index contributed by atoms with van der Waals surface area (Å²) in [6, 6.07) is 9.26. The number of amides is 2.